The molecule has 0 saturated carbocycles. The van der Waals surface area contributed by atoms with Gasteiger partial charge in [-0.25, -0.2) is 0 Å². The second-order valence-corrected chi connectivity index (χ2v) is 4.57. The highest BCUT2D eigenvalue weighted by Gasteiger charge is 2.15. The highest BCUT2D eigenvalue weighted by Crippen LogP contribution is 2.30. The fourth-order valence-corrected chi connectivity index (χ4v) is 1.66. The second kappa shape index (κ2) is 4.80. The minimum Gasteiger partial charge on any atom is -0.496 e. The van der Waals surface area contributed by atoms with Gasteiger partial charge in [0.15, 0.2) is 0 Å². The van der Waals surface area contributed by atoms with Gasteiger partial charge in [-0.15, -0.1) is 0 Å². The molecule has 0 radical (unpaired) electrons. The van der Waals surface area contributed by atoms with E-state index in [1.807, 2.05) is 18.2 Å². The van der Waals surface area contributed by atoms with Gasteiger partial charge in [-0.3, -0.25) is 0 Å². The van der Waals surface area contributed by atoms with Crippen molar-refractivity contribution >= 4 is 15.9 Å². The second-order valence-electron chi connectivity index (χ2n) is 3.66. The third kappa shape index (κ3) is 2.49. The van der Waals surface area contributed by atoms with Crippen LogP contribution < -0.4 is 10.5 Å². The monoisotopic (exact) mass is 257 g/mol. The standard InChI is InChI=1S/C11H16BrNO/c1-7(2)11(13)9-5-4-8(12)6-10(9)14-3/h4-7,11H,13H2,1-3H3/t11-/m1/s1. The summed E-state index contributed by atoms with van der Waals surface area (Å²) >= 11 is 3.40. The van der Waals surface area contributed by atoms with Crippen LogP contribution in [0.3, 0.4) is 0 Å². The van der Waals surface area contributed by atoms with Crippen LogP contribution in [0.4, 0.5) is 0 Å². The van der Waals surface area contributed by atoms with Crippen LogP contribution in [0, 0.1) is 5.92 Å². The van der Waals surface area contributed by atoms with Gasteiger partial charge in [0.1, 0.15) is 5.75 Å². The molecule has 0 bridgehead atoms. The molecule has 0 saturated heterocycles. The quantitative estimate of drug-likeness (QED) is 0.904. The van der Waals surface area contributed by atoms with Crippen LogP contribution in [0.1, 0.15) is 25.5 Å². The summed E-state index contributed by atoms with van der Waals surface area (Å²) in [7, 11) is 1.66. The predicted molar refractivity (Wildman–Crippen MR) is 62.5 cm³/mol. The molecule has 0 aromatic heterocycles. The van der Waals surface area contributed by atoms with Gasteiger partial charge in [0.2, 0.25) is 0 Å². The number of hydrogen-bond donors (Lipinski definition) is 1. The first-order chi connectivity index (χ1) is 6.56. The predicted octanol–water partition coefficient (Wildman–Crippen LogP) is 3.11. The fourth-order valence-electron chi connectivity index (χ4n) is 1.32. The molecule has 1 aromatic carbocycles. The summed E-state index contributed by atoms with van der Waals surface area (Å²) in [5, 5.41) is 0. The number of benzene rings is 1. The maximum Gasteiger partial charge on any atom is 0.124 e. The van der Waals surface area contributed by atoms with E-state index < -0.39 is 0 Å². The summed E-state index contributed by atoms with van der Waals surface area (Å²) in [6.45, 7) is 4.21. The summed E-state index contributed by atoms with van der Waals surface area (Å²) in [5.41, 5.74) is 7.13. The maximum atomic E-state index is 6.07. The van der Waals surface area contributed by atoms with Crippen LogP contribution >= 0.6 is 15.9 Å². The van der Waals surface area contributed by atoms with Crippen LogP contribution in [0.2, 0.25) is 0 Å². The number of ether oxygens (including phenoxy) is 1. The highest BCUT2D eigenvalue weighted by atomic mass is 79.9. The van der Waals surface area contributed by atoms with E-state index in [4.69, 9.17) is 10.5 Å². The topological polar surface area (TPSA) is 35.2 Å². The zero-order chi connectivity index (χ0) is 10.7. The highest BCUT2D eigenvalue weighted by molar-refractivity contribution is 9.10. The Hall–Kier alpha value is -0.540. The SMILES string of the molecule is COc1cc(Br)ccc1[C@H](N)C(C)C. The molecule has 2 N–H and O–H groups in total. The minimum absolute atomic E-state index is 0.0260. The average molecular weight is 258 g/mol. The van der Waals surface area contributed by atoms with E-state index in [0.717, 1.165) is 15.8 Å². The molecule has 78 valence electrons. The van der Waals surface area contributed by atoms with Crippen molar-refractivity contribution in [3.63, 3.8) is 0 Å². The van der Waals surface area contributed by atoms with Crippen LogP contribution in [0.5, 0.6) is 5.75 Å². The smallest absolute Gasteiger partial charge is 0.124 e. The first kappa shape index (κ1) is 11.5. The lowest BCUT2D eigenvalue weighted by Crippen LogP contribution is -2.17. The Labute approximate surface area is 93.6 Å². The number of hydrogen-bond acceptors (Lipinski definition) is 2. The van der Waals surface area contributed by atoms with Gasteiger partial charge in [-0.2, -0.15) is 0 Å². The lowest BCUT2D eigenvalue weighted by molar-refractivity contribution is 0.396. The zero-order valence-corrected chi connectivity index (χ0v) is 10.3. The van der Waals surface area contributed by atoms with Crippen molar-refractivity contribution in [2.45, 2.75) is 19.9 Å². The molecule has 0 amide bonds. The fraction of sp³-hybridized carbons (Fsp3) is 0.455. The van der Waals surface area contributed by atoms with Gasteiger partial charge >= 0.3 is 0 Å². The lowest BCUT2D eigenvalue weighted by Gasteiger charge is -2.19. The number of methoxy groups -OCH3 is 1. The largest absolute Gasteiger partial charge is 0.496 e. The number of nitrogens with two attached hydrogens (primary N) is 1. The normalized spacial score (nSPS) is 13.0. The Balaban J connectivity index is 3.07. The Morgan fingerprint density at radius 3 is 2.50 bits per heavy atom. The molecule has 0 aliphatic heterocycles. The van der Waals surface area contributed by atoms with E-state index in [0.29, 0.717) is 5.92 Å². The summed E-state index contributed by atoms with van der Waals surface area (Å²) in [6.07, 6.45) is 0. The Kier molecular flexibility index (Phi) is 3.96. The Morgan fingerprint density at radius 2 is 2.00 bits per heavy atom. The number of rotatable bonds is 3. The van der Waals surface area contributed by atoms with Crippen molar-refractivity contribution in [3.05, 3.63) is 28.2 Å². The van der Waals surface area contributed by atoms with E-state index in [9.17, 15) is 0 Å². The van der Waals surface area contributed by atoms with Gasteiger partial charge in [-0.05, 0) is 18.1 Å². The molecule has 0 heterocycles. The van der Waals surface area contributed by atoms with Gasteiger partial charge in [-0.1, -0.05) is 35.8 Å². The van der Waals surface area contributed by atoms with E-state index in [1.54, 1.807) is 7.11 Å². The van der Waals surface area contributed by atoms with E-state index in [1.165, 1.54) is 0 Å². The van der Waals surface area contributed by atoms with Gasteiger partial charge in [0, 0.05) is 16.1 Å². The van der Waals surface area contributed by atoms with Crippen LogP contribution in [0.15, 0.2) is 22.7 Å². The Bertz CT molecular complexity index is 312. The van der Waals surface area contributed by atoms with Crippen LogP contribution in [-0.4, -0.2) is 7.11 Å². The van der Waals surface area contributed by atoms with Crippen molar-refractivity contribution < 1.29 is 4.74 Å². The Morgan fingerprint density at radius 1 is 1.36 bits per heavy atom. The van der Waals surface area contributed by atoms with Crippen LogP contribution in [0.25, 0.3) is 0 Å². The van der Waals surface area contributed by atoms with E-state index in [2.05, 4.69) is 29.8 Å². The summed E-state index contributed by atoms with van der Waals surface area (Å²) < 4.78 is 6.30. The molecule has 1 rings (SSSR count). The van der Waals surface area contributed by atoms with Crippen molar-refractivity contribution in [1.82, 2.24) is 0 Å². The first-order valence-electron chi connectivity index (χ1n) is 4.65. The minimum atomic E-state index is 0.0260. The molecule has 0 aliphatic carbocycles. The molecule has 3 heteroatoms. The third-order valence-corrected chi connectivity index (χ3v) is 2.77. The summed E-state index contributed by atoms with van der Waals surface area (Å²) in [5.74, 6) is 1.26. The molecule has 2 nitrogen and oxygen atoms in total. The molecule has 1 aromatic rings. The van der Waals surface area contributed by atoms with E-state index >= 15 is 0 Å². The average Bonchev–Trinajstić information content (AvgIpc) is 2.16. The molecule has 0 spiro atoms. The van der Waals surface area contributed by atoms with Crippen molar-refractivity contribution in [2.75, 3.05) is 7.11 Å². The van der Waals surface area contributed by atoms with Crippen molar-refractivity contribution in [2.24, 2.45) is 11.7 Å². The molecule has 0 fully saturated rings. The van der Waals surface area contributed by atoms with Gasteiger partial charge in [0.25, 0.3) is 0 Å². The first-order valence-corrected chi connectivity index (χ1v) is 5.44. The number of halogens is 1. The molecule has 0 aliphatic rings. The summed E-state index contributed by atoms with van der Waals surface area (Å²) in [6, 6.07) is 5.96. The maximum absolute atomic E-state index is 6.07. The van der Waals surface area contributed by atoms with Gasteiger partial charge < -0.3 is 10.5 Å². The molecule has 1 atom stereocenters. The molecule has 14 heavy (non-hydrogen) atoms. The van der Waals surface area contributed by atoms with E-state index in [-0.39, 0.29) is 6.04 Å². The lowest BCUT2D eigenvalue weighted by atomic mass is 9.96. The van der Waals surface area contributed by atoms with Crippen molar-refractivity contribution in [3.8, 4) is 5.75 Å². The zero-order valence-electron chi connectivity index (χ0n) is 8.75. The summed E-state index contributed by atoms with van der Waals surface area (Å²) in [4.78, 5) is 0. The van der Waals surface area contributed by atoms with Gasteiger partial charge in [0.05, 0.1) is 7.11 Å². The van der Waals surface area contributed by atoms with Crippen LogP contribution in [-0.2, 0) is 0 Å². The van der Waals surface area contributed by atoms with Crippen molar-refractivity contribution in [1.29, 1.82) is 0 Å². The molecular weight excluding hydrogens is 242 g/mol. The molecular formula is C11H16BrNO. The third-order valence-electron chi connectivity index (χ3n) is 2.27. The molecule has 0 unspecified atom stereocenters.